The molecule has 0 bridgehead atoms. The number of benzene rings is 1. The lowest BCUT2D eigenvalue weighted by Gasteiger charge is -2.07. The van der Waals surface area contributed by atoms with Crippen molar-refractivity contribution in [2.75, 3.05) is 13.2 Å². The minimum atomic E-state index is -0.0438. The molecule has 92 valence electrons. The van der Waals surface area contributed by atoms with Crippen LogP contribution in [0.1, 0.15) is 12.0 Å². The molecule has 0 aliphatic heterocycles. The topological polar surface area (TPSA) is 38.3 Å². The van der Waals surface area contributed by atoms with E-state index in [0.717, 1.165) is 10.2 Å². The molecule has 0 aliphatic rings. The lowest BCUT2D eigenvalue weighted by atomic mass is 10.2. The van der Waals surface area contributed by atoms with Crippen LogP contribution in [-0.2, 0) is 4.79 Å². The Morgan fingerprint density at radius 2 is 2.06 bits per heavy atom. The third-order valence-corrected chi connectivity index (χ3v) is 2.38. The standard InChI is InChI=1S/C13H16BrNO2/c1-10-3-5-12(6-4-10)17-8-7-13(16)15-9-11(2)14/h3-6H,2,7-9H2,1H3,(H,15,16). The third kappa shape index (κ3) is 6.12. The van der Waals surface area contributed by atoms with Crippen LogP contribution in [0.4, 0.5) is 0 Å². The van der Waals surface area contributed by atoms with E-state index in [-0.39, 0.29) is 5.91 Å². The van der Waals surface area contributed by atoms with Gasteiger partial charge in [-0.2, -0.15) is 0 Å². The molecule has 0 saturated heterocycles. The summed E-state index contributed by atoms with van der Waals surface area (Å²) in [6.45, 7) is 6.48. The van der Waals surface area contributed by atoms with Gasteiger partial charge in [0.1, 0.15) is 5.75 Å². The molecule has 1 aromatic rings. The van der Waals surface area contributed by atoms with Gasteiger partial charge in [0.05, 0.1) is 13.0 Å². The fraction of sp³-hybridized carbons (Fsp3) is 0.308. The average Bonchev–Trinajstić information content (AvgIpc) is 2.29. The van der Waals surface area contributed by atoms with Gasteiger partial charge < -0.3 is 10.1 Å². The van der Waals surface area contributed by atoms with Crippen molar-refractivity contribution >= 4 is 21.8 Å². The molecule has 4 heteroatoms. The summed E-state index contributed by atoms with van der Waals surface area (Å²) in [5.74, 6) is 0.742. The number of carbonyl (C=O) groups excluding carboxylic acids is 1. The molecule has 17 heavy (non-hydrogen) atoms. The minimum Gasteiger partial charge on any atom is -0.493 e. The number of halogens is 1. The van der Waals surface area contributed by atoms with Gasteiger partial charge in [-0.1, -0.05) is 40.2 Å². The monoisotopic (exact) mass is 297 g/mol. The smallest absolute Gasteiger partial charge is 0.223 e. The van der Waals surface area contributed by atoms with Crippen molar-refractivity contribution in [3.05, 3.63) is 40.9 Å². The first-order valence-electron chi connectivity index (χ1n) is 5.37. The second-order valence-electron chi connectivity index (χ2n) is 3.71. The van der Waals surface area contributed by atoms with Gasteiger partial charge in [0.15, 0.2) is 0 Å². The van der Waals surface area contributed by atoms with Gasteiger partial charge in [0, 0.05) is 11.0 Å². The summed E-state index contributed by atoms with van der Waals surface area (Å²) in [6.07, 6.45) is 0.341. The first kappa shape index (κ1) is 13.8. The van der Waals surface area contributed by atoms with E-state index in [1.807, 2.05) is 31.2 Å². The zero-order chi connectivity index (χ0) is 12.7. The lowest BCUT2D eigenvalue weighted by Crippen LogP contribution is -2.25. The summed E-state index contributed by atoms with van der Waals surface area (Å²) in [7, 11) is 0. The Bertz CT molecular complexity index is 387. The Labute approximate surface area is 110 Å². The van der Waals surface area contributed by atoms with Gasteiger partial charge >= 0.3 is 0 Å². The third-order valence-electron chi connectivity index (χ3n) is 2.10. The zero-order valence-corrected chi connectivity index (χ0v) is 11.4. The summed E-state index contributed by atoms with van der Waals surface area (Å²) >= 11 is 3.17. The number of hydrogen-bond acceptors (Lipinski definition) is 2. The van der Waals surface area contributed by atoms with Gasteiger partial charge in [0.25, 0.3) is 0 Å². The van der Waals surface area contributed by atoms with Crippen molar-refractivity contribution < 1.29 is 9.53 Å². The second-order valence-corrected chi connectivity index (χ2v) is 4.83. The zero-order valence-electron chi connectivity index (χ0n) is 9.83. The van der Waals surface area contributed by atoms with Crippen LogP contribution in [0.5, 0.6) is 5.75 Å². The van der Waals surface area contributed by atoms with Crippen LogP contribution < -0.4 is 10.1 Å². The molecule has 1 amide bonds. The molecule has 0 unspecified atom stereocenters. The number of rotatable bonds is 6. The number of hydrogen-bond donors (Lipinski definition) is 1. The van der Waals surface area contributed by atoms with Crippen LogP contribution in [0.15, 0.2) is 35.3 Å². The molecule has 1 rings (SSSR count). The molecule has 0 aliphatic carbocycles. The largest absolute Gasteiger partial charge is 0.493 e. The fourth-order valence-corrected chi connectivity index (χ4v) is 1.32. The summed E-state index contributed by atoms with van der Waals surface area (Å²) in [6, 6.07) is 7.75. The Kier molecular flexibility index (Phi) is 5.77. The van der Waals surface area contributed by atoms with Crippen molar-refractivity contribution in [3.63, 3.8) is 0 Å². The SMILES string of the molecule is C=C(Br)CNC(=O)CCOc1ccc(C)cc1. The minimum absolute atomic E-state index is 0.0438. The molecule has 3 nitrogen and oxygen atoms in total. The Balaban J connectivity index is 2.21. The molecule has 1 N–H and O–H groups in total. The molecule has 1 aromatic carbocycles. The Hall–Kier alpha value is -1.29. The van der Waals surface area contributed by atoms with Gasteiger partial charge in [-0.05, 0) is 19.1 Å². The summed E-state index contributed by atoms with van der Waals surface area (Å²) in [5, 5.41) is 2.71. The molecule has 0 saturated carbocycles. The molecule has 0 atom stereocenters. The van der Waals surface area contributed by atoms with Crippen LogP contribution in [-0.4, -0.2) is 19.1 Å². The van der Waals surface area contributed by atoms with Crippen LogP contribution in [0, 0.1) is 6.92 Å². The van der Waals surface area contributed by atoms with E-state index in [0.29, 0.717) is 19.6 Å². The van der Waals surface area contributed by atoms with E-state index in [1.165, 1.54) is 5.56 Å². The highest BCUT2D eigenvalue weighted by Gasteiger charge is 2.01. The molecule has 0 heterocycles. The Morgan fingerprint density at radius 3 is 2.65 bits per heavy atom. The average molecular weight is 298 g/mol. The summed E-state index contributed by atoms with van der Waals surface area (Å²) in [5.41, 5.74) is 1.19. The number of aryl methyl sites for hydroxylation is 1. The van der Waals surface area contributed by atoms with Gasteiger partial charge in [-0.15, -0.1) is 0 Å². The van der Waals surface area contributed by atoms with Gasteiger partial charge in [0.2, 0.25) is 5.91 Å². The number of amides is 1. The van der Waals surface area contributed by atoms with Crippen molar-refractivity contribution in [2.24, 2.45) is 0 Å². The summed E-state index contributed by atoms with van der Waals surface area (Å²) in [4.78, 5) is 11.3. The van der Waals surface area contributed by atoms with Gasteiger partial charge in [-0.3, -0.25) is 4.79 Å². The van der Waals surface area contributed by atoms with Crippen molar-refractivity contribution in [2.45, 2.75) is 13.3 Å². The number of carbonyl (C=O) groups is 1. The van der Waals surface area contributed by atoms with E-state index < -0.39 is 0 Å². The van der Waals surface area contributed by atoms with Crippen LogP contribution >= 0.6 is 15.9 Å². The van der Waals surface area contributed by atoms with E-state index >= 15 is 0 Å². The molecule has 0 spiro atoms. The van der Waals surface area contributed by atoms with Gasteiger partial charge in [-0.25, -0.2) is 0 Å². The predicted molar refractivity (Wildman–Crippen MR) is 72.4 cm³/mol. The maximum atomic E-state index is 11.3. The van der Waals surface area contributed by atoms with Crippen LogP contribution in [0.3, 0.4) is 0 Å². The van der Waals surface area contributed by atoms with Crippen LogP contribution in [0.2, 0.25) is 0 Å². The predicted octanol–water partition coefficient (Wildman–Crippen LogP) is 2.79. The fourth-order valence-electron chi connectivity index (χ4n) is 1.18. The highest BCUT2D eigenvalue weighted by Crippen LogP contribution is 2.11. The first-order valence-corrected chi connectivity index (χ1v) is 6.16. The van der Waals surface area contributed by atoms with Crippen molar-refractivity contribution in [3.8, 4) is 5.75 Å². The highest BCUT2D eigenvalue weighted by atomic mass is 79.9. The summed E-state index contributed by atoms with van der Waals surface area (Å²) < 4.78 is 6.20. The maximum absolute atomic E-state index is 11.3. The van der Waals surface area contributed by atoms with Crippen molar-refractivity contribution in [1.82, 2.24) is 5.32 Å². The molecule has 0 radical (unpaired) electrons. The normalized spacial score (nSPS) is 9.76. The lowest BCUT2D eigenvalue weighted by molar-refractivity contribution is -0.121. The second kappa shape index (κ2) is 7.12. The number of ether oxygens (including phenoxy) is 1. The molecule has 0 fully saturated rings. The van der Waals surface area contributed by atoms with E-state index in [9.17, 15) is 4.79 Å². The van der Waals surface area contributed by atoms with E-state index in [1.54, 1.807) is 0 Å². The molecule has 0 aromatic heterocycles. The highest BCUT2D eigenvalue weighted by molar-refractivity contribution is 9.11. The number of nitrogens with one attached hydrogen (secondary N) is 1. The van der Waals surface area contributed by atoms with Crippen LogP contribution in [0.25, 0.3) is 0 Å². The molecular weight excluding hydrogens is 282 g/mol. The Morgan fingerprint density at radius 1 is 1.41 bits per heavy atom. The molecular formula is C13H16BrNO2. The van der Waals surface area contributed by atoms with E-state index in [4.69, 9.17) is 4.74 Å². The van der Waals surface area contributed by atoms with Crippen molar-refractivity contribution in [1.29, 1.82) is 0 Å². The first-order chi connectivity index (χ1) is 8.08. The quantitative estimate of drug-likeness (QED) is 0.877. The maximum Gasteiger partial charge on any atom is 0.223 e. The van der Waals surface area contributed by atoms with E-state index in [2.05, 4.69) is 27.8 Å².